The van der Waals surface area contributed by atoms with E-state index in [1.54, 1.807) is 7.11 Å². The summed E-state index contributed by atoms with van der Waals surface area (Å²) in [4.78, 5) is 0. The van der Waals surface area contributed by atoms with Gasteiger partial charge in [0.25, 0.3) is 0 Å². The van der Waals surface area contributed by atoms with E-state index < -0.39 is 0 Å². The monoisotopic (exact) mass is 277 g/mol. The molecule has 1 aromatic carbocycles. The molecule has 0 aromatic heterocycles. The molecule has 0 saturated heterocycles. The number of halogens is 2. The van der Waals surface area contributed by atoms with Crippen molar-refractivity contribution in [3.63, 3.8) is 0 Å². The molecule has 1 N–H and O–H groups in total. The number of benzene rings is 1. The van der Waals surface area contributed by atoms with Crippen LogP contribution in [0.3, 0.4) is 0 Å². The van der Waals surface area contributed by atoms with Crippen molar-refractivity contribution in [2.45, 2.75) is 6.92 Å². The topological polar surface area (TPSA) is 30.5 Å². The quantitative estimate of drug-likeness (QED) is 0.776. The zero-order chi connectivity index (χ0) is 12.7. The first-order valence-corrected chi connectivity index (χ1v) is 6.17. The van der Waals surface area contributed by atoms with E-state index in [1.165, 1.54) is 0 Å². The van der Waals surface area contributed by atoms with Crippen molar-refractivity contribution >= 4 is 28.9 Å². The zero-order valence-corrected chi connectivity index (χ0v) is 11.6. The fourth-order valence-electron chi connectivity index (χ4n) is 1.28. The Bertz CT molecular complexity index is 359. The zero-order valence-electron chi connectivity index (χ0n) is 10.1. The summed E-state index contributed by atoms with van der Waals surface area (Å²) in [6.45, 7) is 4.41. The van der Waals surface area contributed by atoms with Gasteiger partial charge in [0.05, 0.1) is 30.5 Å². The van der Waals surface area contributed by atoms with Crippen LogP contribution in [0, 0.1) is 6.92 Å². The molecule has 1 rings (SSSR count). The SMILES string of the molecule is COCCOCCNc1cc(Cl)c(C)cc1Cl. The highest BCUT2D eigenvalue weighted by molar-refractivity contribution is 6.35. The van der Waals surface area contributed by atoms with E-state index in [-0.39, 0.29) is 0 Å². The molecule has 0 amide bonds. The highest BCUT2D eigenvalue weighted by Gasteiger charge is 2.03. The minimum absolute atomic E-state index is 0.598. The first-order chi connectivity index (χ1) is 8.15. The molecule has 0 aliphatic rings. The van der Waals surface area contributed by atoms with Crippen molar-refractivity contribution in [2.75, 3.05) is 38.8 Å². The first kappa shape index (κ1) is 14.6. The van der Waals surface area contributed by atoms with Crippen molar-refractivity contribution in [2.24, 2.45) is 0 Å². The second-order valence-corrected chi connectivity index (χ2v) is 4.43. The van der Waals surface area contributed by atoms with Crippen LogP contribution >= 0.6 is 23.2 Å². The number of ether oxygens (including phenoxy) is 2. The molecule has 96 valence electrons. The van der Waals surface area contributed by atoms with Crippen LogP contribution in [-0.4, -0.2) is 33.5 Å². The lowest BCUT2D eigenvalue weighted by Crippen LogP contribution is -2.12. The Morgan fingerprint density at radius 1 is 1.12 bits per heavy atom. The van der Waals surface area contributed by atoms with Crippen LogP contribution in [0.1, 0.15) is 5.56 Å². The number of rotatable bonds is 7. The lowest BCUT2D eigenvalue weighted by atomic mass is 10.2. The molecule has 1 aromatic rings. The van der Waals surface area contributed by atoms with Crippen LogP contribution in [0.25, 0.3) is 0 Å². The minimum Gasteiger partial charge on any atom is -0.382 e. The van der Waals surface area contributed by atoms with E-state index in [1.807, 2.05) is 19.1 Å². The Labute approximate surface area is 112 Å². The lowest BCUT2D eigenvalue weighted by Gasteiger charge is -2.10. The lowest BCUT2D eigenvalue weighted by molar-refractivity contribution is 0.0759. The Morgan fingerprint density at radius 2 is 1.88 bits per heavy atom. The molecule has 0 radical (unpaired) electrons. The minimum atomic E-state index is 0.598. The predicted molar refractivity (Wildman–Crippen MR) is 72.4 cm³/mol. The van der Waals surface area contributed by atoms with Gasteiger partial charge < -0.3 is 14.8 Å². The number of hydrogen-bond acceptors (Lipinski definition) is 3. The predicted octanol–water partition coefficient (Wildman–Crippen LogP) is 3.38. The summed E-state index contributed by atoms with van der Waals surface area (Å²) in [5.74, 6) is 0. The maximum atomic E-state index is 6.08. The normalized spacial score (nSPS) is 10.6. The summed E-state index contributed by atoms with van der Waals surface area (Å²) in [5.41, 5.74) is 1.80. The van der Waals surface area contributed by atoms with Crippen molar-refractivity contribution < 1.29 is 9.47 Å². The van der Waals surface area contributed by atoms with E-state index >= 15 is 0 Å². The van der Waals surface area contributed by atoms with Gasteiger partial charge in [-0.25, -0.2) is 0 Å². The second-order valence-electron chi connectivity index (χ2n) is 3.61. The van der Waals surface area contributed by atoms with E-state index in [0.717, 1.165) is 11.3 Å². The molecule has 0 heterocycles. The van der Waals surface area contributed by atoms with Crippen molar-refractivity contribution in [1.82, 2.24) is 0 Å². The van der Waals surface area contributed by atoms with E-state index in [9.17, 15) is 0 Å². The first-order valence-electron chi connectivity index (χ1n) is 5.41. The maximum Gasteiger partial charge on any atom is 0.0701 e. The summed E-state index contributed by atoms with van der Waals surface area (Å²) in [6, 6.07) is 3.67. The van der Waals surface area contributed by atoms with E-state index in [4.69, 9.17) is 32.7 Å². The number of anilines is 1. The van der Waals surface area contributed by atoms with Crippen LogP contribution in [0.2, 0.25) is 10.0 Å². The third kappa shape index (κ3) is 5.13. The Kier molecular flexibility index (Phi) is 6.66. The summed E-state index contributed by atoms with van der Waals surface area (Å²) in [7, 11) is 1.65. The van der Waals surface area contributed by atoms with Crippen molar-refractivity contribution in [3.8, 4) is 0 Å². The van der Waals surface area contributed by atoms with Gasteiger partial charge >= 0.3 is 0 Å². The van der Waals surface area contributed by atoms with Gasteiger partial charge in [-0.2, -0.15) is 0 Å². The average molecular weight is 278 g/mol. The van der Waals surface area contributed by atoms with Gasteiger partial charge in [-0.3, -0.25) is 0 Å². The fourth-order valence-corrected chi connectivity index (χ4v) is 1.73. The number of methoxy groups -OCH3 is 1. The van der Waals surface area contributed by atoms with Crippen LogP contribution in [0.4, 0.5) is 5.69 Å². The summed E-state index contributed by atoms with van der Waals surface area (Å²) >= 11 is 12.1. The van der Waals surface area contributed by atoms with E-state index in [2.05, 4.69) is 5.32 Å². The molecule has 0 fully saturated rings. The number of nitrogens with one attached hydrogen (secondary N) is 1. The van der Waals surface area contributed by atoms with E-state index in [0.29, 0.717) is 36.4 Å². The van der Waals surface area contributed by atoms with Crippen molar-refractivity contribution in [3.05, 3.63) is 27.7 Å². The third-order valence-electron chi connectivity index (χ3n) is 2.24. The van der Waals surface area contributed by atoms with Crippen LogP contribution in [0.5, 0.6) is 0 Å². The molecule has 0 bridgehead atoms. The Hall–Kier alpha value is -0.480. The molecular weight excluding hydrogens is 261 g/mol. The summed E-state index contributed by atoms with van der Waals surface area (Å²) in [6.07, 6.45) is 0. The second kappa shape index (κ2) is 7.77. The molecule has 17 heavy (non-hydrogen) atoms. The van der Waals surface area contributed by atoms with Gasteiger partial charge in [-0.05, 0) is 24.6 Å². The van der Waals surface area contributed by atoms with Crippen LogP contribution in [0.15, 0.2) is 12.1 Å². The molecule has 0 aliphatic heterocycles. The van der Waals surface area contributed by atoms with Crippen LogP contribution < -0.4 is 5.32 Å². The largest absolute Gasteiger partial charge is 0.382 e. The maximum absolute atomic E-state index is 6.08. The molecule has 0 atom stereocenters. The Morgan fingerprint density at radius 3 is 2.59 bits per heavy atom. The molecule has 0 aliphatic carbocycles. The molecule has 3 nitrogen and oxygen atoms in total. The fraction of sp³-hybridized carbons (Fsp3) is 0.500. The molecule has 0 spiro atoms. The number of aryl methyl sites for hydroxylation is 1. The molecule has 0 unspecified atom stereocenters. The van der Waals surface area contributed by atoms with Gasteiger partial charge in [0.15, 0.2) is 0 Å². The van der Waals surface area contributed by atoms with Gasteiger partial charge in [0, 0.05) is 18.7 Å². The van der Waals surface area contributed by atoms with Crippen molar-refractivity contribution in [1.29, 1.82) is 0 Å². The van der Waals surface area contributed by atoms with Gasteiger partial charge in [0.1, 0.15) is 0 Å². The smallest absolute Gasteiger partial charge is 0.0701 e. The standard InChI is InChI=1S/C12H17Cl2NO2/c1-9-7-11(14)12(8-10(9)13)15-3-4-17-6-5-16-2/h7-8,15H,3-6H2,1-2H3. The average Bonchev–Trinajstić information content (AvgIpc) is 2.30. The van der Waals surface area contributed by atoms with Gasteiger partial charge in [0.2, 0.25) is 0 Å². The number of hydrogen-bond donors (Lipinski definition) is 1. The summed E-state index contributed by atoms with van der Waals surface area (Å²) in [5, 5.41) is 4.55. The third-order valence-corrected chi connectivity index (χ3v) is 2.96. The van der Waals surface area contributed by atoms with Gasteiger partial charge in [-0.15, -0.1) is 0 Å². The summed E-state index contributed by atoms with van der Waals surface area (Å²) < 4.78 is 10.2. The highest BCUT2D eigenvalue weighted by atomic mass is 35.5. The molecule has 0 saturated carbocycles. The molecular formula is C12H17Cl2NO2. The Balaban J connectivity index is 2.34. The van der Waals surface area contributed by atoms with Crippen LogP contribution in [-0.2, 0) is 9.47 Å². The highest BCUT2D eigenvalue weighted by Crippen LogP contribution is 2.28. The van der Waals surface area contributed by atoms with Gasteiger partial charge in [-0.1, -0.05) is 23.2 Å². The molecule has 5 heteroatoms.